The summed E-state index contributed by atoms with van der Waals surface area (Å²) in [5.41, 5.74) is 2.15. The van der Waals surface area contributed by atoms with E-state index in [4.69, 9.17) is 0 Å². The van der Waals surface area contributed by atoms with Gasteiger partial charge < -0.3 is 0 Å². The molecule has 1 amide bonds. The highest BCUT2D eigenvalue weighted by atomic mass is 19.1. The summed E-state index contributed by atoms with van der Waals surface area (Å²) < 4.78 is 26.5. The maximum absolute atomic E-state index is 13.2. The Morgan fingerprint density at radius 3 is 2.58 bits per heavy atom. The standard InChI is InChI=1S/C13H9F2N3O/c14-11-4-1-5-12(15)10(11)8-17-18-13(19)9-3-2-6-16-7-9/h1-8H,(H,18,19)/b17-8+. The number of pyridine rings is 1. The highest BCUT2D eigenvalue weighted by Gasteiger charge is 2.06. The third-order valence-electron chi connectivity index (χ3n) is 2.28. The van der Waals surface area contributed by atoms with Crippen molar-refractivity contribution in [3.63, 3.8) is 0 Å². The van der Waals surface area contributed by atoms with Gasteiger partial charge in [-0.1, -0.05) is 6.07 Å². The van der Waals surface area contributed by atoms with Crippen LogP contribution in [0.25, 0.3) is 0 Å². The number of nitrogens with one attached hydrogen (secondary N) is 1. The van der Waals surface area contributed by atoms with E-state index in [1.807, 2.05) is 0 Å². The van der Waals surface area contributed by atoms with Gasteiger partial charge in [0.25, 0.3) is 5.91 Å². The summed E-state index contributed by atoms with van der Waals surface area (Å²) in [7, 11) is 0. The quantitative estimate of drug-likeness (QED) is 0.679. The number of hydrazone groups is 1. The topological polar surface area (TPSA) is 54.4 Å². The second-order valence-corrected chi connectivity index (χ2v) is 3.58. The van der Waals surface area contributed by atoms with Crippen LogP contribution in [0.2, 0.25) is 0 Å². The van der Waals surface area contributed by atoms with Crippen LogP contribution in [0.3, 0.4) is 0 Å². The fourth-order valence-electron chi connectivity index (χ4n) is 1.35. The number of hydrogen-bond acceptors (Lipinski definition) is 3. The predicted octanol–water partition coefficient (Wildman–Crippen LogP) is 2.12. The molecule has 19 heavy (non-hydrogen) atoms. The van der Waals surface area contributed by atoms with E-state index in [0.717, 1.165) is 18.3 Å². The molecule has 0 aliphatic carbocycles. The minimum absolute atomic E-state index is 0.300. The monoisotopic (exact) mass is 261 g/mol. The molecule has 1 N–H and O–H groups in total. The Morgan fingerprint density at radius 1 is 1.21 bits per heavy atom. The molecule has 0 aliphatic rings. The van der Waals surface area contributed by atoms with Crippen LogP contribution < -0.4 is 5.43 Å². The first-order valence-corrected chi connectivity index (χ1v) is 5.36. The van der Waals surface area contributed by atoms with Crippen LogP contribution in [-0.4, -0.2) is 17.1 Å². The first-order valence-electron chi connectivity index (χ1n) is 5.36. The van der Waals surface area contributed by atoms with E-state index in [1.54, 1.807) is 12.1 Å². The molecule has 0 bridgehead atoms. The largest absolute Gasteiger partial charge is 0.272 e. The Bertz CT molecular complexity index is 594. The van der Waals surface area contributed by atoms with Crippen molar-refractivity contribution in [1.29, 1.82) is 0 Å². The first kappa shape index (κ1) is 12.8. The van der Waals surface area contributed by atoms with E-state index < -0.39 is 17.5 Å². The number of halogens is 2. The number of amides is 1. The van der Waals surface area contributed by atoms with Crippen molar-refractivity contribution in [3.05, 3.63) is 65.5 Å². The number of nitrogens with zero attached hydrogens (tertiary/aromatic N) is 2. The fourth-order valence-corrected chi connectivity index (χ4v) is 1.35. The lowest BCUT2D eigenvalue weighted by molar-refractivity contribution is 0.0954. The SMILES string of the molecule is O=C(N/N=C/c1c(F)cccc1F)c1cccnc1. The third kappa shape index (κ3) is 3.19. The maximum atomic E-state index is 13.2. The zero-order valence-electron chi connectivity index (χ0n) is 9.68. The van der Waals surface area contributed by atoms with Crippen molar-refractivity contribution in [1.82, 2.24) is 10.4 Å². The number of rotatable bonds is 3. The lowest BCUT2D eigenvalue weighted by Gasteiger charge is -2.00. The van der Waals surface area contributed by atoms with Crippen molar-refractivity contribution in [2.75, 3.05) is 0 Å². The average molecular weight is 261 g/mol. The van der Waals surface area contributed by atoms with Gasteiger partial charge in [-0.3, -0.25) is 9.78 Å². The minimum Gasteiger partial charge on any atom is -0.267 e. The van der Waals surface area contributed by atoms with Gasteiger partial charge in [-0.15, -0.1) is 0 Å². The van der Waals surface area contributed by atoms with E-state index in [0.29, 0.717) is 5.56 Å². The summed E-state index contributed by atoms with van der Waals surface area (Å²) in [5, 5.41) is 3.51. The van der Waals surface area contributed by atoms with E-state index in [-0.39, 0.29) is 5.56 Å². The molecule has 1 aromatic heterocycles. The Labute approximate surface area is 107 Å². The van der Waals surface area contributed by atoms with Gasteiger partial charge >= 0.3 is 0 Å². The average Bonchev–Trinajstić information content (AvgIpc) is 2.43. The predicted molar refractivity (Wildman–Crippen MR) is 65.7 cm³/mol. The highest BCUT2D eigenvalue weighted by molar-refractivity contribution is 5.94. The van der Waals surface area contributed by atoms with Gasteiger partial charge in [0.1, 0.15) is 11.6 Å². The molecule has 0 fully saturated rings. The van der Waals surface area contributed by atoms with Gasteiger partial charge in [0, 0.05) is 12.4 Å². The normalized spacial score (nSPS) is 10.6. The van der Waals surface area contributed by atoms with E-state index in [2.05, 4.69) is 15.5 Å². The van der Waals surface area contributed by atoms with Crippen molar-refractivity contribution in [2.24, 2.45) is 5.10 Å². The molecule has 2 rings (SSSR count). The molecule has 2 aromatic rings. The van der Waals surface area contributed by atoms with Gasteiger partial charge in [0.2, 0.25) is 0 Å². The lowest BCUT2D eigenvalue weighted by Crippen LogP contribution is -2.17. The number of aromatic nitrogens is 1. The minimum atomic E-state index is -0.751. The van der Waals surface area contributed by atoms with Gasteiger partial charge in [0.15, 0.2) is 0 Å². The molecule has 1 heterocycles. The Balaban J connectivity index is 2.07. The van der Waals surface area contributed by atoms with Crippen LogP contribution in [0.15, 0.2) is 47.8 Å². The zero-order chi connectivity index (χ0) is 13.7. The van der Waals surface area contributed by atoms with Gasteiger partial charge in [0.05, 0.1) is 17.3 Å². The number of carbonyl (C=O) groups is 1. The second-order valence-electron chi connectivity index (χ2n) is 3.58. The van der Waals surface area contributed by atoms with Gasteiger partial charge in [-0.2, -0.15) is 5.10 Å². The maximum Gasteiger partial charge on any atom is 0.272 e. The molecule has 4 nitrogen and oxygen atoms in total. The molecular weight excluding hydrogens is 252 g/mol. The Hall–Kier alpha value is -2.63. The van der Waals surface area contributed by atoms with Crippen LogP contribution in [-0.2, 0) is 0 Å². The summed E-state index contributed by atoms with van der Waals surface area (Å²) in [5.74, 6) is -2.01. The molecule has 0 saturated carbocycles. The van der Waals surface area contributed by atoms with Crippen molar-refractivity contribution in [2.45, 2.75) is 0 Å². The molecule has 0 spiro atoms. The van der Waals surface area contributed by atoms with Crippen LogP contribution in [0.4, 0.5) is 8.78 Å². The van der Waals surface area contributed by atoms with Gasteiger partial charge in [-0.25, -0.2) is 14.2 Å². The molecule has 0 radical (unpaired) electrons. The van der Waals surface area contributed by atoms with Crippen LogP contribution in [0.5, 0.6) is 0 Å². The summed E-state index contributed by atoms with van der Waals surface area (Å²) in [4.78, 5) is 15.3. The molecule has 1 aromatic carbocycles. The first-order chi connectivity index (χ1) is 9.18. The van der Waals surface area contributed by atoms with Crippen molar-refractivity contribution >= 4 is 12.1 Å². The third-order valence-corrected chi connectivity index (χ3v) is 2.28. The number of carbonyl (C=O) groups excluding carboxylic acids is 1. The summed E-state index contributed by atoms with van der Waals surface area (Å²) >= 11 is 0. The lowest BCUT2D eigenvalue weighted by atomic mass is 10.2. The molecular formula is C13H9F2N3O. The van der Waals surface area contributed by atoms with Crippen molar-refractivity contribution in [3.8, 4) is 0 Å². The molecule has 0 atom stereocenters. The fraction of sp³-hybridized carbons (Fsp3) is 0. The molecule has 96 valence electrons. The molecule has 0 saturated heterocycles. The number of benzene rings is 1. The molecule has 0 aliphatic heterocycles. The molecule has 6 heteroatoms. The molecule has 0 unspecified atom stereocenters. The Morgan fingerprint density at radius 2 is 1.95 bits per heavy atom. The van der Waals surface area contributed by atoms with E-state index in [9.17, 15) is 13.6 Å². The highest BCUT2D eigenvalue weighted by Crippen LogP contribution is 2.08. The summed E-state index contributed by atoms with van der Waals surface area (Å²) in [6.07, 6.45) is 3.79. The number of hydrogen-bond donors (Lipinski definition) is 1. The van der Waals surface area contributed by atoms with Gasteiger partial charge in [-0.05, 0) is 24.3 Å². The van der Waals surface area contributed by atoms with Crippen LogP contribution in [0.1, 0.15) is 15.9 Å². The van der Waals surface area contributed by atoms with E-state index >= 15 is 0 Å². The summed E-state index contributed by atoms with van der Waals surface area (Å²) in [6, 6.07) is 6.59. The van der Waals surface area contributed by atoms with Crippen LogP contribution >= 0.6 is 0 Å². The van der Waals surface area contributed by atoms with Crippen molar-refractivity contribution < 1.29 is 13.6 Å². The summed E-state index contributed by atoms with van der Waals surface area (Å²) in [6.45, 7) is 0. The van der Waals surface area contributed by atoms with E-state index in [1.165, 1.54) is 18.5 Å². The Kier molecular flexibility index (Phi) is 3.92. The van der Waals surface area contributed by atoms with Crippen LogP contribution in [0, 0.1) is 11.6 Å². The smallest absolute Gasteiger partial charge is 0.267 e. The zero-order valence-corrected chi connectivity index (χ0v) is 9.68. The second kappa shape index (κ2) is 5.81.